The van der Waals surface area contributed by atoms with E-state index in [0.29, 0.717) is 19.8 Å². The van der Waals surface area contributed by atoms with Gasteiger partial charge in [0.15, 0.2) is 0 Å². The lowest BCUT2D eigenvalue weighted by Crippen LogP contribution is -2.38. The molecule has 172 valence electrons. The van der Waals surface area contributed by atoms with Crippen molar-refractivity contribution in [2.75, 3.05) is 39.5 Å². The highest BCUT2D eigenvalue weighted by Gasteiger charge is 2.34. The van der Waals surface area contributed by atoms with Crippen molar-refractivity contribution in [3.63, 3.8) is 0 Å². The summed E-state index contributed by atoms with van der Waals surface area (Å²) in [5.41, 5.74) is -1.60. The molecule has 2 aliphatic heterocycles. The van der Waals surface area contributed by atoms with Crippen LogP contribution < -0.4 is 4.74 Å². The largest absolute Gasteiger partial charge is 0.506 e. The highest BCUT2D eigenvalue weighted by atomic mass is 19.4. The van der Waals surface area contributed by atoms with Crippen LogP contribution in [0.5, 0.6) is 11.5 Å². The number of hydrogen-bond acceptors (Lipinski definition) is 6. The first-order valence-electron chi connectivity index (χ1n) is 10.3. The summed E-state index contributed by atoms with van der Waals surface area (Å²) in [6, 6.07) is 3.00. The summed E-state index contributed by atoms with van der Waals surface area (Å²) >= 11 is 0. The van der Waals surface area contributed by atoms with Gasteiger partial charge in [-0.15, -0.1) is 0 Å². The highest BCUT2D eigenvalue weighted by Crippen LogP contribution is 2.46. The van der Waals surface area contributed by atoms with Crippen molar-refractivity contribution >= 4 is 22.8 Å². The average Bonchev–Trinajstić information content (AvgIpc) is 2.74. The van der Waals surface area contributed by atoms with Crippen molar-refractivity contribution in [3.8, 4) is 11.5 Å². The number of aromatic hydroxyl groups is 1. The van der Waals surface area contributed by atoms with E-state index >= 15 is 0 Å². The van der Waals surface area contributed by atoms with E-state index in [1.165, 1.54) is 6.07 Å². The number of ether oxygens (including phenoxy) is 3. The molecule has 2 aromatic rings. The van der Waals surface area contributed by atoms with E-state index in [1.807, 2.05) is 0 Å². The van der Waals surface area contributed by atoms with Gasteiger partial charge in [-0.2, -0.15) is 13.2 Å². The Kier molecular flexibility index (Phi) is 5.81. The number of fused-ring (bicyclic) bond motifs is 3. The van der Waals surface area contributed by atoms with Gasteiger partial charge in [0.2, 0.25) is 0 Å². The smallest absolute Gasteiger partial charge is 0.416 e. The third-order valence-corrected chi connectivity index (χ3v) is 5.56. The van der Waals surface area contributed by atoms with E-state index in [-0.39, 0.29) is 34.3 Å². The molecule has 32 heavy (non-hydrogen) atoms. The Labute approximate surface area is 183 Å². The molecule has 2 aliphatic rings. The Morgan fingerprint density at radius 3 is 2.62 bits per heavy atom. The number of esters is 1. The zero-order chi connectivity index (χ0) is 23.1. The number of halogens is 3. The number of carbonyl (C=O) groups is 1. The molecule has 4 rings (SSSR count). The zero-order valence-corrected chi connectivity index (χ0v) is 17.8. The maximum atomic E-state index is 13.3. The molecule has 1 N–H and O–H groups in total. The molecule has 1 saturated heterocycles. The van der Waals surface area contributed by atoms with Crippen LogP contribution >= 0.6 is 0 Å². The molecule has 9 heteroatoms. The Bertz CT molecular complexity index is 1070. The normalized spacial score (nSPS) is 18.3. The molecule has 0 aromatic heterocycles. The minimum atomic E-state index is -4.60. The summed E-state index contributed by atoms with van der Waals surface area (Å²) in [7, 11) is 0. The van der Waals surface area contributed by atoms with Gasteiger partial charge in [0, 0.05) is 36.0 Å². The van der Waals surface area contributed by atoms with E-state index in [1.54, 1.807) is 26.0 Å². The molecule has 0 unspecified atom stereocenters. The molecule has 2 aromatic carbocycles. The summed E-state index contributed by atoms with van der Waals surface area (Å²) in [4.78, 5) is 15.0. The molecule has 0 radical (unpaired) electrons. The van der Waals surface area contributed by atoms with Crippen LogP contribution in [0, 0.1) is 0 Å². The quantitative estimate of drug-likeness (QED) is 0.702. The Morgan fingerprint density at radius 2 is 1.94 bits per heavy atom. The summed E-state index contributed by atoms with van der Waals surface area (Å²) in [6.07, 6.45) is -1.25. The van der Waals surface area contributed by atoms with Gasteiger partial charge < -0.3 is 19.3 Å². The number of carbonyl (C=O) groups excluding carboxylic acids is 1. The lowest BCUT2D eigenvalue weighted by atomic mass is 9.92. The number of morpholine rings is 1. The van der Waals surface area contributed by atoms with E-state index < -0.39 is 29.1 Å². The number of rotatable bonds is 4. The first-order valence-corrected chi connectivity index (χ1v) is 10.3. The van der Waals surface area contributed by atoms with Gasteiger partial charge in [-0.3, -0.25) is 4.90 Å². The fraction of sp³-hybridized carbons (Fsp3) is 0.435. The van der Waals surface area contributed by atoms with E-state index in [4.69, 9.17) is 14.2 Å². The molecule has 1 fully saturated rings. The minimum absolute atomic E-state index is 0.0732. The van der Waals surface area contributed by atoms with Gasteiger partial charge in [0.05, 0.1) is 18.8 Å². The van der Waals surface area contributed by atoms with Crippen LogP contribution in [0.1, 0.15) is 35.3 Å². The Balaban J connectivity index is 1.73. The van der Waals surface area contributed by atoms with Crippen molar-refractivity contribution in [1.82, 2.24) is 4.90 Å². The molecule has 0 spiro atoms. The number of phenols is 1. The van der Waals surface area contributed by atoms with Gasteiger partial charge in [-0.25, -0.2) is 4.79 Å². The second-order valence-corrected chi connectivity index (χ2v) is 8.35. The number of phenolic OH excluding ortho intramolecular Hbond substituents is 1. The molecule has 0 aliphatic carbocycles. The van der Waals surface area contributed by atoms with Crippen LogP contribution in [0.25, 0.3) is 16.8 Å². The predicted molar refractivity (Wildman–Crippen MR) is 112 cm³/mol. The summed E-state index contributed by atoms with van der Waals surface area (Å²) in [6.45, 7) is 6.79. The van der Waals surface area contributed by atoms with Gasteiger partial charge >= 0.3 is 12.1 Å². The zero-order valence-electron chi connectivity index (χ0n) is 17.8. The van der Waals surface area contributed by atoms with Gasteiger partial charge in [0.1, 0.15) is 29.3 Å². The number of hydrogen-bond donors (Lipinski definition) is 1. The second kappa shape index (κ2) is 8.29. The van der Waals surface area contributed by atoms with Crippen molar-refractivity contribution in [3.05, 3.63) is 41.0 Å². The van der Waals surface area contributed by atoms with E-state index in [9.17, 15) is 23.1 Å². The molecule has 0 atom stereocenters. The van der Waals surface area contributed by atoms with Crippen molar-refractivity contribution in [2.24, 2.45) is 0 Å². The third kappa shape index (κ3) is 4.40. The summed E-state index contributed by atoms with van der Waals surface area (Å²) < 4.78 is 56.5. The highest BCUT2D eigenvalue weighted by molar-refractivity contribution is 6.08. The second-order valence-electron chi connectivity index (χ2n) is 8.35. The summed E-state index contributed by atoms with van der Waals surface area (Å²) in [5, 5.41) is 11.0. The molecular weight excluding hydrogens is 427 g/mol. The van der Waals surface area contributed by atoms with Crippen LogP contribution in [0.4, 0.5) is 13.2 Å². The van der Waals surface area contributed by atoms with Crippen molar-refractivity contribution < 1.29 is 37.3 Å². The molecular formula is C23H24F3NO5. The number of alkyl halides is 3. The van der Waals surface area contributed by atoms with Gasteiger partial charge in [0.25, 0.3) is 0 Å². The van der Waals surface area contributed by atoms with Crippen LogP contribution in [0.2, 0.25) is 0 Å². The maximum absolute atomic E-state index is 13.3. The van der Waals surface area contributed by atoms with Gasteiger partial charge in [-0.05, 0) is 38.1 Å². The molecule has 2 heterocycles. The molecule has 0 saturated carbocycles. The predicted octanol–water partition coefficient (Wildman–Crippen LogP) is 4.24. The van der Waals surface area contributed by atoms with Crippen molar-refractivity contribution in [1.29, 1.82) is 0 Å². The molecule has 0 amide bonds. The maximum Gasteiger partial charge on any atom is 0.416 e. The van der Waals surface area contributed by atoms with Crippen LogP contribution in [0.3, 0.4) is 0 Å². The van der Waals surface area contributed by atoms with Crippen LogP contribution in [0.15, 0.2) is 24.3 Å². The fourth-order valence-electron chi connectivity index (χ4n) is 3.86. The molecule has 6 nitrogen and oxygen atoms in total. The average molecular weight is 451 g/mol. The minimum Gasteiger partial charge on any atom is -0.506 e. The lowest BCUT2D eigenvalue weighted by Gasteiger charge is -2.30. The lowest BCUT2D eigenvalue weighted by molar-refractivity contribution is -0.137. The summed E-state index contributed by atoms with van der Waals surface area (Å²) in [5.74, 6) is -1.15. The third-order valence-electron chi connectivity index (χ3n) is 5.56. The van der Waals surface area contributed by atoms with Gasteiger partial charge in [-0.1, -0.05) is 6.08 Å². The number of benzene rings is 2. The topological polar surface area (TPSA) is 68.2 Å². The van der Waals surface area contributed by atoms with E-state index in [2.05, 4.69) is 4.90 Å². The first-order chi connectivity index (χ1) is 15.1. The SMILES string of the molecule is CC1(C)C=Cc2c(C(=O)OCCN3CCOCC3)c(O)c3cc(C(F)(F)F)ccc3c2O1. The van der Waals surface area contributed by atoms with Crippen LogP contribution in [-0.4, -0.2) is 61.0 Å². The monoisotopic (exact) mass is 451 g/mol. The fourth-order valence-corrected chi connectivity index (χ4v) is 3.86. The number of nitrogens with zero attached hydrogens (tertiary/aromatic N) is 1. The first kappa shape index (κ1) is 22.4. The Morgan fingerprint density at radius 1 is 1.22 bits per heavy atom. The van der Waals surface area contributed by atoms with Crippen LogP contribution in [-0.2, 0) is 15.7 Å². The standard InChI is InChI=1S/C23H24F3NO5/c1-22(2)6-5-16-18(21(29)31-12-9-27-7-10-30-11-8-27)19(28)17-13-14(23(24,25)26)3-4-15(17)20(16)32-22/h3-6,13,28H,7-12H2,1-2H3. The molecule has 0 bridgehead atoms. The van der Waals surface area contributed by atoms with Crippen molar-refractivity contribution in [2.45, 2.75) is 25.6 Å². The Hall–Kier alpha value is -2.78. The van der Waals surface area contributed by atoms with E-state index in [0.717, 1.165) is 25.2 Å².